The Kier molecular flexibility index (Phi) is 3.37. The van der Waals surface area contributed by atoms with Gasteiger partial charge in [-0.3, -0.25) is 0 Å². The van der Waals surface area contributed by atoms with Crippen LogP contribution in [-0.4, -0.2) is 12.1 Å². The maximum Gasteiger partial charge on any atom is 0.221 e. The van der Waals surface area contributed by atoms with Crippen LogP contribution < -0.4 is 4.74 Å². The number of aromatic nitrogens is 1. The van der Waals surface area contributed by atoms with E-state index in [1.165, 1.54) is 0 Å². The molecule has 0 fully saturated rings. The number of rotatable bonds is 3. The van der Waals surface area contributed by atoms with Crippen molar-refractivity contribution in [2.75, 3.05) is 7.11 Å². The van der Waals surface area contributed by atoms with Gasteiger partial charge in [0.05, 0.1) is 19.6 Å². The second kappa shape index (κ2) is 5.13. The summed E-state index contributed by atoms with van der Waals surface area (Å²) in [6.07, 6.45) is 2.14. The molecule has 0 spiro atoms. The van der Waals surface area contributed by atoms with Gasteiger partial charge >= 0.3 is 0 Å². The van der Waals surface area contributed by atoms with Gasteiger partial charge < -0.3 is 4.74 Å². The van der Waals surface area contributed by atoms with Crippen LogP contribution in [0.3, 0.4) is 0 Å². The fourth-order valence-electron chi connectivity index (χ4n) is 1.67. The Morgan fingerprint density at radius 1 is 1.24 bits per heavy atom. The summed E-state index contributed by atoms with van der Waals surface area (Å²) in [6.45, 7) is 0. The number of hydrogen-bond acceptors (Lipinski definition) is 3. The summed E-state index contributed by atoms with van der Waals surface area (Å²) in [6, 6.07) is 13.8. The molecule has 0 saturated carbocycles. The molecule has 2 rings (SSSR count). The number of methoxy groups -OCH3 is 1. The number of pyridine rings is 1. The summed E-state index contributed by atoms with van der Waals surface area (Å²) in [5, 5.41) is 8.61. The molecule has 0 aliphatic heterocycles. The first-order valence-electron chi connectivity index (χ1n) is 5.30. The molecular weight excluding hydrogens is 212 g/mol. The van der Waals surface area contributed by atoms with Crippen molar-refractivity contribution in [3.8, 4) is 23.1 Å². The zero-order valence-corrected chi connectivity index (χ0v) is 9.55. The molecule has 0 amide bonds. The molecular formula is C14H12N2O. The van der Waals surface area contributed by atoms with Crippen molar-refractivity contribution in [1.29, 1.82) is 5.26 Å². The Balaban J connectivity index is 2.37. The van der Waals surface area contributed by atoms with Crippen LogP contribution >= 0.6 is 0 Å². The van der Waals surface area contributed by atoms with E-state index in [0.29, 0.717) is 12.3 Å². The average Bonchev–Trinajstić information content (AvgIpc) is 2.40. The number of nitrogens with zero attached hydrogens (tertiary/aromatic N) is 2. The topological polar surface area (TPSA) is 45.9 Å². The molecule has 0 bridgehead atoms. The number of ether oxygens (including phenoxy) is 1. The molecule has 0 unspecified atom stereocenters. The van der Waals surface area contributed by atoms with Gasteiger partial charge in [0.2, 0.25) is 5.88 Å². The highest BCUT2D eigenvalue weighted by molar-refractivity contribution is 5.68. The lowest BCUT2D eigenvalue weighted by Crippen LogP contribution is -1.91. The van der Waals surface area contributed by atoms with Crippen LogP contribution in [0.2, 0.25) is 0 Å². The standard InChI is InChI=1S/C14H12N2O/c1-17-14-13(3-2-10-16-14)12-6-4-11(5-7-12)8-9-15/h2-7,10H,8H2,1H3. The van der Waals surface area contributed by atoms with Crippen molar-refractivity contribution in [2.45, 2.75) is 6.42 Å². The SMILES string of the molecule is COc1ncccc1-c1ccc(CC#N)cc1. The quantitative estimate of drug-likeness (QED) is 0.805. The van der Waals surface area contributed by atoms with E-state index < -0.39 is 0 Å². The van der Waals surface area contributed by atoms with Gasteiger partial charge in [0.15, 0.2) is 0 Å². The lowest BCUT2D eigenvalue weighted by atomic mass is 10.0. The summed E-state index contributed by atoms with van der Waals surface area (Å²) in [5.41, 5.74) is 3.01. The van der Waals surface area contributed by atoms with Gasteiger partial charge in [0.25, 0.3) is 0 Å². The molecule has 0 N–H and O–H groups in total. The molecule has 0 aliphatic rings. The second-order valence-corrected chi connectivity index (χ2v) is 3.59. The van der Waals surface area contributed by atoms with Crippen molar-refractivity contribution in [3.63, 3.8) is 0 Å². The van der Waals surface area contributed by atoms with Gasteiger partial charge in [-0.15, -0.1) is 0 Å². The molecule has 0 atom stereocenters. The molecule has 2 aromatic rings. The van der Waals surface area contributed by atoms with Crippen molar-refractivity contribution in [1.82, 2.24) is 4.98 Å². The summed E-state index contributed by atoms with van der Waals surface area (Å²) in [7, 11) is 1.61. The minimum atomic E-state index is 0.435. The third kappa shape index (κ3) is 2.43. The van der Waals surface area contributed by atoms with Crippen molar-refractivity contribution in [2.24, 2.45) is 0 Å². The Bertz CT molecular complexity index is 541. The first kappa shape index (κ1) is 11.2. The Hall–Kier alpha value is -2.34. The average molecular weight is 224 g/mol. The zero-order chi connectivity index (χ0) is 12.1. The van der Waals surface area contributed by atoms with E-state index in [1.54, 1.807) is 13.3 Å². The van der Waals surface area contributed by atoms with Gasteiger partial charge in [-0.05, 0) is 23.3 Å². The van der Waals surface area contributed by atoms with Gasteiger partial charge in [-0.1, -0.05) is 24.3 Å². The van der Waals surface area contributed by atoms with Crippen LogP contribution in [0.15, 0.2) is 42.6 Å². The summed E-state index contributed by atoms with van der Waals surface area (Å²) >= 11 is 0. The van der Waals surface area contributed by atoms with E-state index in [0.717, 1.165) is 16.7 Å². The lowest BCUT2D eigenvalue weighted by molar-refractivity contribution is 0.399. The fraction of sp³-hybridized carbons (Fsp3) is 0.143. The molecule has 84 valence electrons. The zero-order valence-electron chi connectivity index (χ0n) is 9.55. The van der Waals surface area contributed by atoms with Crippen molar-refractivity contribution >= 4 is 0 Å². The van der Waals surface area contributed by atoms with E-state index in [4.69, 9.17) is 10.00 Å². The first-order valence-corrected chi connectivity index (χ1v) is 5.30. The Morgan fingerprint density at radius 2 is 2.00 bits per heavy atom. The van der Waals surface area contributed by atoms with Gasteiger partial charge in [-0.25, -0.2) is 4.98 Å². The third-order valence-electron chi connectivity index (χ3n) is 2.51. The van der Waals surface area contributed by atoms with Gasteiger partial charge in [-0.2, -0.15) is 5.26 Å². The van der Waals surface area contributed by atoms with Gasteiger partial charge in [0.1, 0.15) is 0 Å². The molecule has 3 nitrogen and oxygen atoms in total. The van der Waals surface area contributed by atoms with Crippen LogP contribution in [0, 0.1) is 11.3 Å². The normalized spacial score (nSPS) is 9.65. The maximum absolute atomic E-state index is 8.61. The van der Waals surface area contributed by atoms with Crippen LogP contribution in [0.4, 0.5) is 0 Å². The van der Waals surface area contributed by atoms with E-state index in [2.05, 4.69) is 11.1 Å². The molecule has 1 aromatic heterocycles. The highest BCUT2D eigenvalue weighted by Gasteiger charge is 2.05. The van der Waals surface area contributed by atoms with Crippen LogP contribution in [-0.2, 0) is 6.42 Å². The van der Waals surface area contributed by atoms with E-state index >= 15 is 0 Å². The summed E-state index contributed by atoms with van der Waals surface area (Å²) in [4.78, 5) is 4.16. The minimum absolute atomic E-state index is 0.435. The molecule has 1 heterocycles. The number of hydrogen-bond donors (Lipinski definition) is 0. The smallest absolute Gasteiger partial charge is 0.221 e. The summed E-state index contributed by atoms with van der Waals surface area (Å²) < 4.78 is 5.21. The Labute approximate surface area is 100 Å². The molecule has 3 heteroatoms. The summed E-state index contributed by atoms with van der Waals surface area (Å²) in [5.74, 6) is 0.612. The highest BCUT2D eigenvalue weighted by Crippen LogP contribution is 2.27. The van der Waals surface area contributed by atoms with Crippen molar-refractivity contribution < 1.29 is 4.74 Å². The maximum atomic E-state index is 8.61. The predicted octanol–water partition coefficient (Wildman–Crippen LogP) is 2.82. The van der Waals surface area contributed by atoms with E-state index in [1.807, 2.05) is 36.4 Å². The number of benzene rings is 1. The van der Waals surface area contributed by atoms with E-state index in [9.17, 15) is 0 Å². The molecule has 0 aliphatic carbocycles. The predicted molar refractivity (Wildman–Crippen MR) is 65.5 cm³/mol. The van der Waals surface area contributed by atoms with Crippen LogP contribution in [0.25, 0.3) is 11.1 Å². The lowest BCUT2D eigenvalue weighted by Gasteiger charge is -2.07. The largest absolute Gasteiger partial charge is 0.481 e. The monoisotopic (exact) mass is 224 g/mol. The fourth-order valence-corrected chi connectivity index (χ4v) is 1.67. The van der Waals surface area contributed by atoms with Crippen LogP contribution in [0.1, 0.15) is 5.56 Å². The number of nitriles is 1. The van der Waals surface area contributed by atoms with E-state index in [-0.39, 0.29) is 0 Å². The highest BCUT2D eigenvalue weighted by atomic mass is 16.5. The molecule has 1 aromatic carbocycles. The van der Waals surface area contributed by atoms with Crippen molar-refractivity contribution in [3.05, 3.63) is 48.2 Å². The third-order valence-corrected chi connectivity index (χ3v) is 2.51. The molecule has 0 radical (unpaired) electrons. The van der Waals surface area contributed by atoms with Gasteiger partial charge in [0, 0.05) is 11.8 Å². The molecule has 0 saturated heterocycles. The first-order chi connectivity index (χ1) is 8.35. The second-order valence-electron chi connectivity index (χ2n) is 3.59. The molecule has 17 heavy (non-hydrogen) atoms. The van der Waals surface area contributed by atoms with Crippen LogP contribution in [0.5, 0.6) is 5.88 Å². The Morgan fingerprint density at radius 3 is 2.65 bits per heavy atom. The minimum Gasteiger partial charge on any atom is -0.481 e.